The van der Waals surface area contributed by atoms with Gasteiger partial charge in [-0.1, -0.05) is 0 Å². The van der Waals surface area contributed by atoms with Crippen LogP contribution < -0.4 is 20.4 Å². The number of carbonyl (C=O) groups is 1. The summed E-state index contributed by atoms with van der Waals surface area (Å²) in [6.45, 7) is 8.78. The maximum Gasteiger partial charge on any atom is 0.243 e. The lowest BCUT2D eigenvalue weighted by atomic mass is 10.2. The highest BCUT2D eigenvalue weighted by Crippen LogP contribution is 2.22. The predicted octanol–water partition coefficient (Wildman–Crippen LogP) is 4.18. The smallest absolute Gasteiger partial charge is 0.243 e. The zero-order valence-corrected chi connectivity index (χ0v) is 16.4. The minimum atomic E-state index is -0.0447. The van der Waals surface area contributed by atoms with Crippen LogP contribution in [-0.4, -0.2) is 38.6 Å². The van der Waals surface area contributed by atoms with Crippen LogP contribution in [-0.2, 0) is 4.79 Å². The van der Waals surface area contributed by atoms with E-state index >= 15 is 0 Å². The van der Waals surface area contributed by atoms with E-state index in [1.807, 2.05) is 24.3 Å². The van der Waals surface area contributed by atoms with Gasteiger partial charge in [0, 0.05) is 48.9 Å². The molecule has 2 aromatic carbocycles. The first-order valence-electron chi connectivity index (χ1n) is 9.93. The molecule has 0 aliphatic carbocycles. The summed E-state index contributed by atoms with van der Waals surface area (Å²) in [6.07, 6.45) is 2.53. The molecule has 27 heavy (non-hydrogen) atoms. The maximum absolute atomic E-state index is 12.2. The van der Waals surface area contributed by atoms with Crippen molar-refractivity contribution in [1.82, 2.24) is 0 Å². The average Bonchev–Trinajstić information content (AvgIpc) is 3.24. The Labute approximate surface area is 162 Å². The van der Waals surface area contributed by atoms with Crippen molar-refractivity contribution in [2.24, 2.45) is 0 Å². The lowest BCUT2D eigenvalue weighted by molar-refractivity contribution is -0.114. The summed E-state index contributed by atoms with van der Waals surface area (Å²) in [6, 6.07) is 16.3. The fourth-order valence-corrected chi connectivity index (χ4v) is 3.50. The molecule has 0 saturated carbocycles. The molecular formula is C22H30N4O. The molecule has 144 valence electrons. The zero-order chi connectivity index (χ0) is 19.1. The molecule has 1 fully saturated rings. The monoisotopic (exact) mass is 366 g/mol. The van der Waals surface area contributed by atoms with Gasteiger partial charge in [0.15, 0.2) is 0 Å². The van der Waals surface area contributed by atoms with Crippen molar-refractivity contribution >= 4 is 28.7 Å². The Bertz CT molecular complexity index is 717. The van der Waals surface area contributed by atoms with Gasteiger partial charge >= 0.3 is 0 Å². The van der Waals surface area contributed by atoms with Crippen molar-refractivity contribution in [3.05, 3.63) is 48.5 Å². The van der Waals surface area contributed by atoms with Crippen LogP contribution in [0.2, 0.25) is 0 Å². The number of anilines is 4. The molecule has 0 atom stereocenters. The van der Waals surface area contributed by atoms with Gasteiger partial charge in [-0.2, -0.15) is 0 Å². The highest BCUT2D eigenvalue weighted by Gasteiger charge is 2.12. The molecule has 3 rings (SSSR count). The molecule has 1 saturated heterocycles. The molecule has 0 radical (unpaired) electrons. The van der Waals surface area contributed by atoms with Gasteiger partial charge in [0.1, 0.15) is 0 Å². The third-order valence-electron chi connectivity index (χ3n) is 5.07. The van der Waals surface area contributed by atoms with Crippen LogP contribution in [0.1, 0.15) is 26.7 Å². The van der Waals surface area contributed by atoms with Crippen molar-refractivity contribution in [2.75, 3.05) is 53.2 Å². The van der Waals surface area contributed by atoms with Gasteiger partial charge in [-0.05, 0) is 75.2 Å². The molecule has 1 aliphatic heterocycles. The largest absolute Gasteiger partial charge is 0.376 e. The van der Waals surface area contributed by atoms with E-state index < -0.39 is 0 Å². The van der Waals surface area contributed by atoms with Crippen molar-refractivity contribution in [2.45, 2.75) is 26.7 Å². The molecule has 0 aromatic heterocycles. The summed E-state index contributed by atoms with van der Waals surface area (Å²) in [5, 5.41) is 6.13. The van der Waals surface area contributed by atoms with Crippen LogP contribution >= 0.6 is 0 Å². The Morgan fingerprint density at radius 2 is 1.52 bits per heavy atom. The topological polar surface area (TPSA) is 47.6 Å². The number of hydrogen-bond donors (Lipinski definition) is 2. The second kappa shape index (κ2) is 9.31. The minimum Gasteiger partial charge on any atom is -0.376 e. The molecule has 1 amide bonds. The average molecular weight is 367 g/mol. The fraction of sp³-hybridized carbons (Fsp3) is 0.409. The van der Waals surface area contributed by atoms with E-state index in [1.54, 1.807) is 0 Å². The number of nitrogens with zero attached hydrogens (tertiary/aromatic N) is 2. The summed E-state index contributed by atoms with van der Waals surface area (Å²) in [4.78, 5) is 16.9. The molecule has 2 N–H and O–H groups in total. The quantitative estimate of drug-likeness (QED) is 0.736. The lowest BCUT2D eigenvalue weighted by Crippen LogP contribution is -2.23. The van der Waals surface area contributed by atoms with E-state index in [0.29, 0.717) is 0 Å². The van der Waals surface area contributed by atoms with Crippen LogP contribution in [0.4, 0.5) is 22.7 Å². The van der Waals surface area contributed by atoms with Crippen molar-refractivity contribution in [3.8, 4) is 0 Å². The Kier molecular flexibility index (Phi) is 6.58. The summed E-state index contributed by atoms with van der Waals surface area (Å²) in [7, 11) is 0. The number of rotatable bonds is 8. The maximum atomic E-state index is 12.2. The van der Waals surface area contributed by atoms with E-state index in [4.69, 9.17) is 0 Å². The third-order valence-corrected chi connectivity index (χ3v) is 5.07. The lowest BCUT2D eigenvalue weighted by Gasteiger charge is -2.21. The van der Waals surface area contributed by atoms with E-state index in [0.717, 1.165) is 37.6 Å². The standard InChI is InChI=1S/C22H30N4O/c1-3-25(4-2)20-11-7-18(8-12-20)23-17-22(27)24-19-9-13-21(14-10-19)26-15-5-6-16-26/h7-14,23H,3-6,15-17H2,1-2H3,(H,24,27). The Balaban J connectivity index is 1.48. The van der Waals surface area contributed by atoms with Gasteiger partial charge in [0.2, 0.25) is 5.91 Å². The summed E-state index contributed by atoms with van der Waals surface area (Å²) in [5.41, 5.74) is 4.22. The highest BCUT2D eigenvalue weighted by atomic mass is 16.1. The molecule has 1 aliphatic rings. The fourth-order valence-electron chi connectivity index (χ4n) is 3.50. The number of carbonyl (C=O) groups excluding carboxylic acids is 1. The van der Waals surface area contributed by atoms with E-state index in [2.05, 4.69) is 58.5 Å². The SMILES string of the molecule is CCN(CC)c1ccc(NCC(=O)Nc2ccc(N3CCCC3)cc2)cc1. The van der Waals surface area contributed by atoms with Gasteiger partial charge in [0.25, 0.3) is 0 Å². The third kappa shape index (κ3) is 5.16. The summed E-state index contributed by atoms with van der Waals surface area (Å²) in [5.74, 6) is -0.0447. The van der Waals surface area contributed by atoms with Gasteiger partial charge in [-0.3, -0.25) is 4.79 Å². The number of benzene rings is 2. The molecule has 1 heterocycles. The van der Waals surface area contributed by atoms with Crippen LogP contribution in [0.5, 0.6) is 0 Å². The molecule has 5 heteroatoms. The van der Waals surface area contributed by atoms with Crippen LogP contribution in [0, 0.1) is 0 Å². The van der Waals surface area contributed by atoms with Crippen molar-refractivity contribution < 1.29 is 4.79 Å². The second-order valence-electron chi connectivity index (χ2n) is 6.86. The number of nitrogens with one attached hydrogen (secondary N) is 2. The first-order chi connectivity index (χ1) is 13.2. The van der Waals surface area contributed by atoms with Gasteiger partial charge in [-0.15, -0.1) is 0 Å². The van der Waals surface area contributed by atoms with Gasteiger partial charge in [0.05, 0.1) is 6.54 Å². The number of amides is 1. The molecular weight excluding hydrogens is 336 g/mol. The minimum absolute atomic E-state index is 0.0447. The van der Waals surface area contributed by atoms with Crippen molar-refractivity contribution in [1.29, 1.82) is 0 Å². The molecule has 5 nitrogen and oxygen atoms in total. The summed E-state index contributed by atoms with van der Waals surface area (Å²) >= 11 is 0. The zero-order valence-electron chi connectivity index (χ0n) is 16.4. The Morgan fingerprint density at radius 1 is 0.926 bits per heavy atom. The predicted molar refractivity (Wildman–Crippen MR) is 115 cm³/mol. The Morgan fingerprint density at radius 3 is 2.11 bits per heavy atom. The molecule has 0 bridgehead atoms. The molecule has 0 spiro atoms. The van der Waals surface area contributed by atoms with Crippen LogP contribution in [0.3, 0.4) is 0 Å². The van der Waals surface area contributed by atoms with Gasteiger partial charge in [-0.25, -0.2) is 0 Å². The first-order valence-corrected chi connectivity index (χ1v) is 9.93. The van der Waals surface area contributed by atoms with E-state index in [9.17, 15) is 4.79 Å². The highest BCUT2D eigenvalue weighted by molar-refractivity contribution is 5.93. The van der Waals surface area contributed by atoms with E-state index in [-0.39, 0.29) is 12.5 Å². The van der Waals surface area contributed by atoms with Crippen LogP contribution in [0.25, 0.3) is 0 Å². The van der Waals surface area contributed by atoms with Crippen molar-refractivity contribution in [3.63, 3.8) is 0 Å². The van der Waals surface area contributed by atoms with Gasteiger partial charge < -0.3 is 20.4 Å². The molecule has 2 aromatic rings. The normalized spacial score (nSPS) is 13.5. The second-order valence-corrected chi connectivity index (χ2v) is 6.86. The van der Waals surface area contributed by atoms with E-state index in [1.165, 1.54) is 24.2 Å². The Hall–Kier alpha value is -2.69. The first kappa shape index (κ1) is 19.1. The number of hydrogen-bond acceptors (Lipinski definition) is 4. The molecule has 0 unspecified atom stereocenters. The van der Waals surface area contributed by atoms with Crippen LogP contribution in [0.15, 0.2) is 48.5 Å². The summed E-state index contributed by atoms with van der Waals surface area (Å²) < 4.78 is 0.